The van der Waals surface area contributed by atoms with E-state index in [0.29, 0.717) is 43.2 Å². The Morgan fingerprint density at radius 2 is 2.00 bits per heavy atom. The highest BCUT2D eigenvalue weighted by molar-refractivity contribution is 6.31. The number of nitrogens with zero attached hydrogens (tertiary/aromatic N) is 3. The molecule has 9 heteroatoms. The van der Waals surface area contributed by atoms with Crippen molar-refractivity contribution in [3.8, 4) is 5.75 Å². The zero-order chi connectivity index (χ0) is 22.0. The van der Waals surface area contributed by atoms with Crippen molar-refractivity contribution in [3.63, 3.8) is 0 Å². The smallest absolute Gasteiger partial charge is 0.317 e. The molecule has 2 aromatic heterocycles. The second-order valence-electron chi connectivity index (χ2n) is 7.77. The molecule has 1 aliphatic heterocycles. The van der Waals surface area contributed by atoms with Gasteiger partial charge in [-0.15, -0.1) is 0 Å². The summed E-state index contributed by atoms with van der Waals surface area (Å²) >= 11 is 5.92. The highest BCUT2D eigenvalue weighted by atomic mass is 35.5. The summed E-state index contributed by atoms with van der Waals surface area (Å²) in [5.41, 5.74) is 3.06. The predicted molar refractivity (Wildman–Crippen MR) is 118 cm³/mol. The number of aromatic nitrogens is 2. The molecule has 0 bridgehead atoms. The Kier molecular flexibility index (Phi) is 5.99. The van der Waals surface area contributed by atoms with E-state index in [-0.39, 0.29) is 23.6 Å². The second kappa shape index (κ2) is 8.85. The van der Waals surface area contributed by atoms with Crippen molar-refractivity contribution in [1.29, 1.82) is 0 Å². The summed E-state index contributed by atoms with van der Waals surface area (Å²) in [6.07, 6.45) is 4.95. The lowest BCUT2D eigenvalue weighted by Gasteiger charge is -2.31. The molecule has 0 unspecified atom stereocenters. The largest absolute Gasteiger partial charge is 0.506 e. The minimum Gasteiger partial charge on any atom is -0.506 e. The molecule has 0 saturated carbocycles. The van der Waals surface area contributed by atoms with Gasteiger partial charge in [-0.2, -0.15) is 0 Å². The van der Waals surface area contributed by atoms with E-state index >= 15 is 0 Å². The minimum absolute atomic E-state index is 0.0309. The number of pyridine rings is 1. The van der Waals surface area contributed by atoms with Crippen LogP contribution in [0.1, 0.15) is 24.1 Å². The Bertz CT molecular complexity index is 1120. The third-order valence-corrected chi connectivity index (χ3v) is 5.69. The first-order valence-corrected chi connectivity index (χ1v) is 10.5. The number of phenols is 1. The number of amides is 3. The molecular weight excluding hydrogens is 418 g/mol. The molecule has 0 radical (unpaired) electrons. The highest BCUT2D eigenvalue weighted by Gasteiger charge is 2.27. The number of fused-ring (bicyclic) bond motifs is 1. The maximum absolute atomic E-state index is 12.5. The van der Waals surface area contributed by atoms with Crippen LogP contribution in [-0.2, 0) is 11.3 Å². The summed E-state index contributed by atoms with van der Waals surface area (Å²) in [5, 5.41) is 15.9. The van der Waals surface area contributed by atoms with Crippen LogP contribution in [0.5, 0.6) is 5.75 Å². The first-order chi connectivity index (χ1) is 14.9. The monoisotopic (exact) mass is 441 g/mol. The number of carbonyl (C=O) groups is 2. The molecule has 1 saturated heterocycles. The Labute approximate surface area is 184 Å². The fourth-order valence-corrected chi connectivity index (χ4v) is 3.86. The molecule has 0 spiro atoms. The Hall–Kier alpha value is -3.26. The summed E-state index contributed by atoms with van der Waals surface area (Å²) in [7, 11) is 0. The van der Waals surface area contributed by atoms with E-state index in [0.717, 1.165) is 16.9 Å². The number of likely N-dealkylation sites (tertiary alicyclic amines) is 1. The van der Waals surface area contributed by atoms with Crippen molar-refractivity contribution in [2.45, 2.75) is 26.3 Å². The lowest BCUT2D eigenvalue weighted by Crippen LogP contribution is -2.45. The number of rotatable bonds is 4. The zero-order valence-electron chi connectivity index (χ0n) is 17.1. The van der Waals surface area contributed by atoms with Gasteiger partial charge in [0.25, 0.3) is 0 Å². The van der Waals surface area contributed by atoms with Crippen LogP contribution in [0.2, 0.25) is 5.02 Å². The SMILES string of the molecule is Cc1ccn2cc(CNC(=O)N3CCC(C(=O)Nc4cc(Cl)ccc4O)CC3)nc2c1. The van der Waals surface area contributed by atoms with Gasteiger partial charge in [0.1, 0.15) is 11.4 Å². The predicted octanol–water partition coefficient (Wildman–Crippen LogP) is 3.56. The highest BCUT2D eigenvalue weighted by Crippen LogP contribution is 2.28. The number of hydrogen-bond donors (Lipinski definition) is 3. The number of phenolic OH excluding ortho intramolecular Hbond substituents is 1. The third kappa shape index (κ3) is 4.91. The van der Waals surface area contributed by atoms with Gasteiger partial charge in [0, 0.05) is 36.4 Å². The number of halogens is 1. The topological polar surface area (TPSA) is 99.0 Å². The van der Waals surface area contributed by atoms with Gasteiger partial charge in [-0.05, 0) is 55.7 Å². The number of carbonyl (C=O) groups excluding carboxylic acids is 2. The van der Waals surface area contributed by atoms with E-state index in [1.807, 2.05) is 35.9 Å². The third-order valence-electron chi connectivity index (χ3n) is 5.46. The number of urea groups is 1. The van der Waals surface area contributed by atoms with Crippen molar-refractivity contribution in [3.05, 3.63) is 59.0 Å². The minimum atomic E-state index is -0.232. The summed E-state index contributed by atoms with van der Waals surface area (Å²) in [6, 6.07) is 8.33. The van der Waals surface area contributed by atoms with Gasteiger partial charge < -0.3 is 25.0 Å². The van der Waals surface area contributed by atoms with Crippen LogP contribution in [-0.4, -0.2) is 44.4 Å². The van der Waals surface area contributed by atoms with Crippen LogP contribution in [0.25, 0.3) is 5.65 Å². The first kappa shape index (κ1) is 21.0. The number of imidazole rings is 1. The van der Waals surface area contributed by atoms with E-state index in [4.69, 9.17) is 11.6 Å². The molecule has 1 fully saturated rings. The van der Waals surface area contributed by atoms with Crippen LogP contribution >= 0.6 is 11.6 Å². The average molecular weight is 442 g/mol. The van der Waals surface area contributed by atoms with E-state index in [9.17, 15) is 14.7 Å². The molecule has 31 heavy (non-hydrogen) atoms. The van der Waals surface area contributed by atoms with Crippen molar-refractivity contribution in [2.75, 3.05) is 18.4 Å². The van der Waals surface area contributed by atoms with Gasteiger partial charge in [0.2, 0.25) is 5.91 Å². The van der Waals surface area contributed by atoms with E-state index in [2.05, 4.69) is 15.6 Å². The van der Waals surface area contributed by atoms with E-state index < -0.39 is 0 Å². The van der Waals surface area contributed by atoms with Gasteiger partial charge in [-0.25, -0.2) is 9.78 Å². The second-order valence-corrected chi connectivity index (χ2v) is 8.21. The molecule has 162 valence electrons. The van der Waals surface area contributed by atoms with Crippen LogP contribution in [0.4, 0.5) is 10.5 Å². The molecular formula is C22H24ClN5O3. The molecule has 8 nitrogen and oxygen atoms in total. The van der Waals surface area contributed by atoms with Gasteiger partial charge >= 0.3 is 6.03 Å². The number of aryl methyl sites for hydroxylation is 1. The standard InChI is InChI=1S/C22H24ClN5O3/c1-14-4-7-28-13-17(25-20(28)10-14)12-24-22(31)27-8-5-15(6-9-27)21(30)26-18-11-16(23)2-3-19(18)29/h2-4,7,10-11,13,15,29H,5-6,8-9,12H2,1H3,(H,24,31)(H,26,30). The summed E-state index contributed by atoms with van der Waals surface area (Å²) in [6.45, 7) is 3.32. The molecule has 0 atom stereocenters. The molecule has 4 rings (SSSR count). The first-order valence-electron chi connectivity index (χ1n) is 10.2. The quantitative estimate of drug-likeness (QED) is 0.539. The molecule has 1 aromatic carbocycles. The fraction of sp³-hybridized carbons (Fsp3) is 0.318. The summed E-state index contributed by atoms with van der Waals surface area (Å²) in [4.78, 5) is 31.3. The van der Waals surface area contributed by atoms with Gasteiger partial charge in [0.15, 0.2) is 0 Å². The van der Waals surface area contributed by atoms with Crippen LogP contribution in [0.3, 0.4) is 0 Å². The van der Waals surface area contributed by atoms with Gasteiger partial charge in [0.05, 0.1) is 17.9 Å². The van der Waals surface area contributed by atoms with Crippen molar-refractivity contribution in [1.82, 2.24) is 19.6 Å². The molecule has 3 N–H and O–H groups in total. The Morgan fingerprint density at radius 3 is 2.77 bits per heavy atom. The van der Waals surface area contributed by atoms with Crippen molar-refractivity contribution in [2.24, 2.45) is 5.92 Å². The molecule has 0 aliphatic carbocycles. The number of anilines is 1. The lowest BCUT2D eigenvalue weighted by molar-refractivity contribution is -0.121. The Morgan fingerprint density at radius 1 is 1.23 bits per heavy atom. The number of piperidine rings is 1. The average Bonchev–Trinajstić information content (AvgIpc) is 3.16. The molecule has 3 heterocycles. The number of nitrogens with one attached hydrogen (secondary N) is 2. The zero-order valence-corrected chi connectivity index (χ0v) is 17.9. The van der Waals surface area contributed by atoms with Gasteiger partial charge in [-0.1, -0.05) is 11.6 Å². The van der Waals surface area contributed by atoms with Crippen molar-refractivity contribution < 1.29 is 14.7 Å². The maximum Gasteiger partial charge on any atom is 0.317 e. The Balaban J connectivity index is 1.27. The van der Waals surface area contributed by atoms with Crippen LogP contribution in [0.15, 0.2) is 42.7 Å². The maximum atomic E-state index is 12.5. The summed E-state index contributed by atoms with van der Waals surface area (Å²) < 4.78 is 1.93. The molecule has 1 aliphatic rings. The van der Waals surface area contributed by atoms with E-state index in [1.54, 1.807) is 11.0 Å². The normalized spacial score (nSPS) is 14.6. The molecule has 3 amide bonds. The lowest BCUT2D eigenvalue weighted by atomic mass is 9.96. The van der Waals surface area contributed by atoms with Gasteiger partial charge in [-0.3, -0.25) is 4.79 Å². The fourth-order valence-electron chi connectivity index (χ4n) is 3.69. The summed E-state index contributed by atoms with van der Waals surface area (Å²) in [5.74, 6) is -0.446. The molecule has 3 aromatic rings. The van der Waals surface area contributed by atoms with Crippen molar-refractivity contribution >= 4 is 34.9 Å². The van der Waals surface area contributed by atoms with Crippen LogP contribution in [0, 0.1) is 12.8 Å². The number of hydrogen-bond acceptors (Lipinski definition) is 4. The van der Waals surface area contributed by atoms with E-state index in [1.165, 1.54) is 12.1 Å². The van der Waals surface area contributed by atoms with Crippen LogP contribution < -0.4 is 10.6 Å². The number of aromatic hydroxyl groups is 1. The number of benzene rings is 1.